The number of benzene rings is 2. The van der Waals surface area contributed by atoms with Crippen molar-refractivity contribution in [2.24, 2.45) is 0 Å². The maximum absolute atomic E-state index is 11.9. The lowest BCUT2D eigenvalue weighted by atomic mass is 10.2. The van der Waals surface area contributed by atoms with Gasteiger partial charge in [0.05, 0.1) is 13.7 Å². The summed E-state index contributed by atoms with van der Waals surface area (Å²) in [5.41, 5.74) is 1.62. The molecule has 1 amide bonds. The highest BCUT2D eigenvalue weighted by atomic mass is 35.5. The van der Waals surface area contributed by atoms with Gasteiger partial charge in [-0.1, -0.05) is 17.7 Å². The van der Waals surface area contributed by atoms with Gasteiger partial charge in [-0.05, 0) is 55.3 Å². The third kappa shape index (κ3) is 5.18. The van der Waals surface area contributed by atoms with Crippen LogP contribution in [0.1, 0.15) is 18.4 Å². The van der Waals surface area contributed by atoms with Gasteiger partial charge in [-0.2, -0.15) is 0 Å². The van der Waals surface area contributed by atoms with Crippen LogP contribution < -0.4 is 14.8 Å². The van der Waals surface area contributed by atoms with Crippen molar-refractivity contribution in [3.05, 3.63) is 53.1 Å². The number of ether oxygens (including phenoxy) is 2. The fourth-order valence-corrected chi connectivity index (χ4v) is 2.22. The zero-order valence-corrected chi connectivity index (χ0v) is 14.0. The molecule has 4 nitrogen and oxygen atoms in total. The molecule has 0 radical (unpaired) electrons. The van der Waals surface area contributed by atoms with E-state index in [2.05, 4.69) is 5.32 Å². The van der Waals surface area contributed by atoms with Gasteiger partial charge in [0.15, 0.2) is 0 Å². The molecule has 0 saturated carbocycles. The molecular weight excluding hydrogens is 314 g/mol. The van der Waals surface area contributed by atoms with Crippen LogP contribution in [0.25, 0.3) is 0 Å². The van der Waals surface area contributed by atoms with Gasteiger partial charge in [-0.25, -0.2) is 0 Å². The smallest absolute Gasteiger partial charge is 0.224 e. The molecule has 5 heteroatoms. The Bertz CT molecular complexity index is 656. The second-order valence-electron chi connectivity index (χ2n) is 5.09. The van der Waals surface area contributed by atoms with Crippen LogP contribution in [0.2, 0.25) is 5.02 Å². The van der Waals surface area contributed by atoms with E-state index in [1.807, 2.05) is 43.3 Å². The van der Waals surface area contributed by atoms with E-state index in [-0.39, 0.29) is 5.91 Å². The molecule has 0 fully saturated rings. The minimum atomic E-state index is -0.0475. The number of amides is 1. The third-order valence-corrected chi connectivity index (χ3v) is 3.83. The van der Waals surface area contributed by atoms with E-state index in [4.69, 9.17) is 21.1 Å². The molecule has 0 unspecified atom stereocenters. The lowest BCUT2D eigenvalue weighted by Crippen LogP contribution is -2.13. The Balaban J connectivity index is 1.73. The minimum Gasteiger partial charge on any atom is -0.497 e. The molecular formula is C18H20ClNO3. The summed E-state index contributed by atoms with van der Waals surface area (Å²) >= 11 is 6.03. The second kappa shape index (κ2) is 8.44. The Kier molecular flexibility index (Phi) is 6.29. The summed E-state index contributed by atoms with van der Waals surface area (Å²) in [4.78, 5) is 11.9. The number of hydrogen-bond acceptors (Lipinski definition) is 3. The summed E-state index contributed by atoms with van der Waals surface area (Å²) in [7, 11) is 1.62. The molecule has 2 aromatic rings. The van der Waals surface area contributed by atoms with Crippen molar-refractivity contribution in [1.29, 1.82) is 0 Å². The van der Waals surface area contributed by atoms with Crippen LogP contribution in [0, 0.1) is 6.92 Å². The molecule has 2 aromatic carbocycles. The van der Waals surface area contributed by atoms with Gasteiger partial charge < -0.3 is 14.8 Å². The molecule has 0 atom stereocenters. The maximum atomic E-state index is 11.9. The molecule has 0 saturated heterocycles. The van der Waals surface area contributed by atoms with Crippen molar-refractivity contribution in [1.82, 2.24) is 0 Å². The minimum absolute atomic E-state index is 0.0475. The summed E-state index contributed by atoms with van der Waals surface area (Å²) in [5.74, 6) is 1.50. The van der Waals surface area contributed by atoms with Gasteiger partial charge in [-0.15, -0.1) is 0 Å². The number of hydrogen-bond donors (Lipinski definition) is 1. The molecule has 2 rings (SSSR count). The van der Waals surface area contributed by atoms with Crippen LogP contribution >= 0.6 is 11.6 Å². The van der Waals surface area contributed by atoms with E-state index in [1.54, 1.807) is 13.2 Å². The molecule has 0 bridgehead atoms. The molecule has 122 valence electrons. The summed E-state index contributed by atoms with van der Waals surface area (Å²) < 4.78 is 10.7. The van der Waals surface area contributed by atoms with Crippen LogP contribution in [-0.4, -0.2) is 19.6 Å². The Morgan fingerprint density at radius 2 is 1.83 bits per heavy atom. The van der Waals surface area contributed by atoms with Crippen LogP contribution in [0.4, 0.5) is 5.69 Å². The Hall–Kier alpha value is -2.20. The van der Waals surface area contributed by atoms with Crippen molar-refractivity contribution in [2.75, 3.05) is 19.0 Å². The monoisotopic (exact) mass is 333 g/mol. The Labute approximate surface area is 141 Å². The molecule has 0 aliphatic heterocycles. The lowest BCUT2D eigenvalue weighted by molar-refractivity contribution is -0.116. The lowest BCUT2D eigenvalue weighted by Gasteiger charge is -2.10. The fraction of sp³-hybridized carbons (Fsp3) is 0.278. The van der Waals surface area contributed by atoms with Crippen molar-refractivity contribution < 1.29 is 14.3 Å². The summed E-state index contributed by atoms with van der Waals surface area (Å²) in [6.45, 7) is 2.36. The highest BCUT2D eigenvalue weighted by molar-refractivity contribution is 6.31. The van der Waals surface area contributed by atoms with E-state index >= 15 is 0 Å². The van der Waals surface area contributed by atoms with E-state index in [0.717, 1.165) is 22.7 Å². The fourth-order valence-electron chi connectivity index (χ4n) is 2.05. The topological polar surface area (TPSA) is 47.6 Å². The number of methoxy groups -OCH3 is 1. The summed E-state index contributed by atoms with van der Waals surface area (Å²) in [6, 6.07) is 12.8. The van der Waals surface area contributed by atoms with Gasteiger partial charge in [0.2, 0.25) is 5.91 Å². The van der Waals surface area contributed by atoms with Crippen molar-refractivity contribution in [3.8, 4) is 11.5 Å². The largest absolute Gasteiger partial charge is 0.497 e. The number of nitrogens with one attached hydrogen (secondary N) is 1. The van der Waals surface area contributed by atoms with Crippen LogP contribution in [0.3, 0.4) is 0 Å². The standard InChI is InChI=1S/C18H20ClNO3/c1-13-16(19)5-3-6-17(13)20-18(21)7-4-12-23-15-10-8-14(22-2)9-11-15/h3,5-6,8-11H,4,7,12H2,1-2H3,(H,20,21). The molecule has 0 heterocycles. The molecule has 1 N–H and O–H groups in total. The van der Waals surface area contributed by atoms with E-state index in [9.17, 15) is 4.79 Å². The SMILES string of the molecule is COc1ccc(OCCCC(=O)Nc2cccc(Cl)c2C)cc1. The molecule has 0 aromatic heterocycles. The van der Waals surface area contributed by atoms with E-state index in [1.165, 1.54) is 0 Å². The second-order valence-corrected chi connectivity index (χ2v) is 5.50. The zero-order chi connectivity index (χ0) is 16.7. The first-order valence-electron chi connectivity index (χ1n) is 7.42. The molecule has 0 aliphatic rings. The van der Waals surface area contributed by atoms with Crippen LogP contribution in [0.5, 0.6) is 11.5 Å². The number of carbonyl (C=O) groups is 1. The first-order chi connectivity index (χ1) is 11.1. The molecule has 23 heavy (non-hydrogen) atoms. The van der Waals surface area contributed by atoms with Crippen LogP contribution in [0.15, 0.2) is 42.5 Å². The van der Waals surface area contributed by atoms with Gasteiger partial charge in [0.1, 0.15) is 11.5 Å². The number of anilines is 1. The Morgan fingerprint density at radius 1 is 1.13 bits per heavy atom. The van der Waals surface area contributed by atoms with E-state index < -0.39 is 0 Å². The number of carbonyl (C=O) groups excluding carboxylic acids is 1. The average Bonchev–Trinajstić information content (AvgIpc) is 2.56. The number of halogens is 1. The molecule has 0 spiro atoms. The molecule has 0 aliphatic carbocycles. The Morgan fingerprint density at radius 3 is 2.52 bits per heavy atom. The summed E-state index contributed by atoms with van der Waals surface area (Å²) in [6.07, 6.45) is 1.03. The van der Waals surface area contributed by atoms with Crippen LogP contribution in [-0.2, 0) is 4.79 Å². The van der Waals surface area contributed by atoms with Crippen molar-refractivity contribution in [3.63, 3.8) is 0 Å². The van der Waals surface area contributed by atoms with Crippen molar-refractivity contribution in [2.45, 2.75) is 19.8 Å². The number of rotatable bonds is 7. The first kappa shape index (κ1) is 17.2. The van der Waals surface area contributed by atoms with Gasteiger partial charge >= 0.3 is 0 Å². The average molecular weight is 334 g/mol. The normalized spacial score (nSPS) is 10.2. The van der Waals surface area contributed by atoms with E-state index in [0.29, 0.717) is 24.5 Å². The van der Waals surface area contributed by atoms with Crippen molar-refractivity contribution >= 4 is 23.2 Å². The van der Waals surface area contributed by atoms with Gasteiger partial charge in [-0.3, -0.25) is 4.79 Å². The highest BCUT2D eigenvalue weighted by Crippen LogP contribution is 2.23. The maximum Gasteiger partial charge on any atom is 0.224 e. The predicted molar refractivity (Wildman–Crippen MR) is 92.5 cm³/mol. The highest BCUT2D eigenvalue weighted by Gasteiger charge is 2.06. The third-order valence-electron chi connectivity index (χ3n) is 3.42. The van der Waals surface area contributed by atoms with Gasteiger partial charge in [0.25, 0.3) is 0 Å². The first-order valence-corrected chi connectivity index (χ1v) is 7.80. The predicted octanol–water partition coefficient (Wildman–Crippen LogP) is 4.45. The van der Waals surface area contributed by atoms with Gasteiger partial charge in [0, 0.05) is 17.1 Å². The zero-order valence-electron chi connectivity index (χ0n) is 13.3. The summed E-state index contributed by atoms with van der Waals surface area (Å²) in [5, 5.41) is 3.51. The quantitative estimate of drug-likeness (QED) is 0.761.